The van der Waals surface area contributed by atoms with Gasteiger partial charge in [-0.25, -0.2) is 8.78 Å². The van der Waals surface area contributed by atoms with Crippen molar-refractivity contribution in [3.05, 3.63) is 137 Å². The van der Waals surface area contributed by atoms with E-state index in [1.807, 2.05) is 0 Å². The Kier molecular flexibility index (Phi) is 19.8. The number of alkyl halides is 6. The Bertz CT molecular complexity index is 3090. The second kappa shape index (κ2) is 25.2. The number of imide groups is 1. The van der Waals surface area contributed by atoms with E-state index < -0.39 is 96.8 Å². The summed E-state index contributed by atoms with van der Waals surface area (Å²) in [5, 5.41) is 13.2. The average Bonchev–Trinajstić information content (AvgIpc) is 4.33. The topological polar surface area (TPSA) is 185 Å². The van der Waals surface area contributed by atoms with Crippen LogP contribution >= 0.6 is 58.0 Å². The van der Waals surface area contributed by atoms with Crippen LogP contribution < -0.4 is 16.0 Å². The molecule has 2 aliphatic heterocycles. The first-order valence-corrected chi connectivity index (χ1v) is 25.7. The molecule has 0 aromatic heterocycles. The summed E-state index contributed by atoms with van der Waals surface area (Å²) < 4.78 is 102. The number of amides is 5. The fourth-order valence-corrected chi connectivity index (χ4v) is 8.97. The number of aryl methyl sites for hydroxylation is 2. The molecule has 5 amide bonds. The summed E-state index contributed by atoms with van der Waals surface area (Å²) in [4.78, 5) is 83.9. The minimum absolute atomic E-state index is 0.107. The van der Waals surface area contributed by atoms with Crippen LogP contribution in [0.1, 0.15) is 106 Å². The summed E-state index contributed by atoms with van der Waals surface area (Å²) >= 11 is 28.7. The monoisotopic (exact) mass is 1210 g/mol. The third-order valence-corrected chi connectivity index (χ3v) is 13.9. The maximum Gasteiger partial charge on any atom is 0.405 e. The van der Waals surface area contributed by atoms with Crippen molar-refractivity contribution in [1.29, 1.82) is 0 Å². The summed E-state index contributed by atoms with van der Waals surface area (Å²) in [6, 6.07) is 15.2. The minimum Gasteiger partial charge on any atom is -0.384 e. The molecule has 2 heterocycles. The molecule has 4 aliphatic rings. The molecule has 2 aliphatic carbocycles. The first-order valence-electron chi connectivity index (χ1n) is 23.8. The fourth-order valence-electron chi connectivity index (χ4n) is 7.77. The third kappa shape index (κ3) is 16.7. The minimum atomic E-state index is -4.63. The molecule has 14 nitrogen and oxygen atoms in total. The van der Waals surface area contributed by atoms with Gasteiger partial charge in [-0.15, -0.1) is 0 Å². The van der Waals surface area contributed by atoms with E-state index in [1.54, 1.807) is 62.6 Å². The number of rotatable bonds is 14. The van der Waals surface area contributed by atoms with Gasteiger partial charge in [0.05, 0.1) is 38.1 Å². The van der Waals surface area contributed by atoms with Crippen molar-refractivity contribution in [3.63, 3.8) is 0 Å². The van der Waals surface area contributed by atoms with Crippen LogP contribution in [0.4, 0.5) is 35.1 Å². The van der Waals surface area contributed by atoms with Crippen molar-refractivity contribution in [2.45, 2.75) is 89.8 Å². The molecular weight excluding hydrogens is 1170 g/mol. The lowest BCUT2D eigenvalue weighted by molar-refractivity contribution is -0.141. The molecule has 2 fully saturated rings. The summed E-state index contributed by atoms with van der Waals surface area (Å²) in [6.45, 7) is 2.30. The number of halogens is 13. The zero-order valence-electron chi connectivity index (χ0n) is 42.0. The summed E-state index contributed by atoms with van der Waals surface area (Å²) in [6.07, 6.45) is -5.48. The van der Waals surface area contributed by atoms with Crippen molar-refractivity contribution in [3.8, 4) is 0 Å². The molecule has 2 atom stereocenters. The van der Waals surface area contributed by atoms with Crippen LogP contribution in [0.5, 0.6) is 0 Å². The fraction of sp³-hybridized carbons (Fsp3) is 0.385. The molecule has 4 aromatic carbocycles. The molecule has 27 heteroatoms. The highest BCUT2D eigenvalue weighted by Crippen LogP contribution is 2.41. The van der Waals surface area contributed by atoms with Crippen LogP contribution in [-0.2, 0) is 40.1 Å². The molecule has 2 saturated carbocycles. The molecular formula is C52H47Cl5F8N6O8. The van der Waals surface area contributed by atoms with Crippen molar-refractivity contribution in [2.75, 3.05) is 26.2 Å². The van der Waals surface area contributed by atoms with Crippen LogP contribution in [-0.4, -0.2) is 89.6 Å². The smallest absolute Gasteiger partial charge is 0.384 e. The van der Waals surface area contributed by atoms with E-state index in [4.69, 9.17) is 67.7 Å². The zero-order valence-corrected chi connectivity index (χ0v) is 45.8. The van der Waals surface area contributed by atoms with E-state index in [1.165, 1.54) is 36.4 Å². The van der Waals surface area contributed by atoms with Gasteiger partial charge < -0.3 is 25.6 Å². The van der Waals surface area contributed by atoms with Crippen LogP contribution in [0.2, 0.25) is 20.1 Å². The van der Waals surface area contributed by atoms with E-state index in [2.05, 4.69) is 15.6 Å². The van der Waals surface area contributed by atoms with Crippen LogP contribution in [0, 0.1) is 37.3 Å². The average molecular weight is 1210 g/mol. The maximum absolute atomic E-state index is 13.9. The predicted molar refractivity (Wildman–Crippen MR) is 277 cm³/mol. The Morgan fingerprint density at radius 3 is 1.39 bits per heavy atom. The maximum atomic E-state index is 13.9. The van der Waals surface area contributed by atoms with Crippen LogP contribution in [0.25, 0.3) is 0 Å². The Balaban J connectivity index is 0.000000232. The van der Waals surface area contributed by atoms with E-state index in [-0.39, 0.29) is 48.8 Å². The van der Waals surface area contributed by atoms with E-state index in [0.717, 1.165) is 12.8 Å². The molecule has 79 heavy (non-hydrogen) atoms. The Morgan fingerprint density at radius 2 is 1.03 bits per heavy atom. The van der Waals surface area contributed by atoms with Gasteiger partial charge in [-0.1, -0.05) is 68.8 Å². The van der Waals surface area contributed by atoms with Crippen molar-refractivity contribution in [1.82, 2.24) is 20.9 Å². The standard InChI is InChI=1S/C26H23Cl2F4N3O4.C22H19Cl2F4N3O3.C4H5ClO/c1-13-7-15(20-10-25(2,39-34-20)16-8-18(27)22(29)19(28)9-16)5-6-17(13)24(38)35(23(37)14-3-4-14)11-21(36)33-12-26(30,31)32;1-11-5-12(3-4-14(11)20(33)29-9-18(32)30-10-22(26,27)28)17-8-21(2,34-31-17)13-6-15(23)19(25)16(24)7-13;5-4(6)3-1-2-3/h5-9,14H,3-4,10-12H2,1-2H3,(H,33,36);3-7H,8-10H2,1-2H3,(H,29,33)(H,30,32);3H,1-2H2. The third-order valence-electron chi connectivity index (χ3n) is 12.5. The van der Waals surface area contributed by atoms with Crippen molar-refractivity contribution in [2.24, 2.45) is 22.1 Å². The molecule has 0 saturated heterocycles. The van der Waals surface area contributed by atoms with Gasteiger partial charge in [0.25, 0.3) is 11.8 Å². The number of hydrogen-bond acceptors (Lipinski definition) is 10. The van der Waals surface area contributed by atoms with Gasteiger partial charge in [0.2, 0.25) is 23.0 Å². The molecule has 0 spiro atoms. The molecule has 424 valence electrons. The lowest BCUT2D eigenvalue weighted by Gasteiger charge is -2.23. The second-order valence-corrected chi connectivity index (χ2v) is 21.2. The lowest BCUT2D eigenvalue weighted by atomic mass is 9.88. The molecule has 0 radical (unpaired) electrons. The lowest BCUT2D eigenvalue weighted by Crippen LogP contribution is -2.46. The Labute approximate surface area is 471 Å². The first kappa shape index (κ1) is 62.1. The van der Waals surface area contributed by atoms with Crippen LogP contribution in [0.3, 0.4) is 0 Å². The van der Waals surface area contributed by atoms with Crippen LogP contribution in [0.15, 0.2) is 71.0 Å². The molecule has 0 bridgehead atoms. The summed E-state index contributed by atoms with van der Waals surface area (Å²) in [7, 11) is 0. The number of hydrogen-bond donors (Lipinski definition) is 3. The molecule has 2 unspecified atom stereocenters. The molecule has 4 aromatic rings. The van der Waals surface area contributed by atoms with Gasteiger partial charge in [-0.05, 0) is 136 Å². The van der Waals surface area contributed by atoms with E-state index in [9.17, 15) is 63.9 Å². The van der Waals surface area contributed by atoms with E-state index >= 15 is 0 Å². The van der Waals surface area contributed by atoms with Gasteiger partial charge in [0.1, 0.15) is 19.6 Å². The SMILES string of the molecule is Cc1cc(C2=NOC(C)(c3cc(Cl)c(F)c(Cl)c3)C2)ccc1C(=O)N(CC(=O)NCC(F)(F)F)C(=O)C1CC1.Cc1cc(C2=NOC(C)(c3cc(Cl)c(F)c(Cl)c3)C2)ccc1C(=O)NCC(=O)NCC(F)(F)F.O=C(Cl)C1CC1. The Morgan fingerprint density at radius 1 is 0.620 bits per heavy atom. The number of carbonyl (C=O) groups is 6. The predicted octanol–water partition coefficient (Wildman–Crippen LogP) is 11.6. The first-order chi connectivity index (χ1) is 36.8. The van der Waals surface area contributed by atoms with Gasteiger partial charge in [-0.2, -0.15) is 26.3 Å². The highest BCUT2D eigenvalue weighted by atomic mass is 35.5. The zero-order chi connectivity index (χ0) is 58.5. The normalized spacial score (nSPS) is 18.5. The summed E-state index contributed by atoms with van der Waals surface area (Å²) in [5.74, 6) is -5.75. The van der Waals surface area contributed by atoms with Gasteiger partial charge in [0.15, 0.2) is 22.8 Å². The van der Waals surface area contributed by atoms with Crippen molar-refractivity contribution >= 4 is 104 Å². The number of nitrogens with one attached hydrogen (secondary N) is 3. The largest absolute Gasteiger partial charge is 0.405 e. The summed E-state index contributed by atoms with van der Waals surface area (Å²) in [5.41, 5.74) is 2.84. The molecule has 3 N–H and O–H groups in total. The van der Waals surface area contributed by atoms with E-state index in [0.29, 0.717) is 69.0 Å². The molecule has 8 rings (SSSR count). The van der Waals surface area contributed by atoms with Gasteiger partial charge >= 0.3 is 12.4 Å². The number of nitrogens with zero attached hydrogens (tertiary/aromatic N) is 3. The highest BCUT2D eigenvalue weighted by Gasteiger charge is 2.41. The highest BCUT2D eigenvalue weighted by molar-refractivity contribution is 6.64. The number of carbonyl (C=O) groups excluding carboxylic acids is 6. The van der Waals surface area contributed by atoms with Gasteiger partial charge in [0, 0.05) is 46.9 Å². The quantitative estimate of drug-likeness (QED) is 0.0482. The Hall–Kier alpha value is -6.07. The second-order valence-electron chi connectivity index (χ2n) is 19.2. The number of oxime groups is 2. The number of benzene rings is 4. The van der Waals surface area contributed by atoms with Gasteiger partial charge in [-0.3, -0.25) is 33.7 Å². The van der Waals surface area contributed by atoms with Crippen molar-refractivity contribution < 1.29 is 73.6 Å².